The summed E-state index contributed by atoms with van der Waals surface area (Å²) in [5, 5.41) is 9.67. The SMILES string of the molecule is COC(=O)c1ccc(OCC(=O)c2cn(CCC#N)c3ccccc23)c(OC)c1. The second kappa shape index (κ2) is 8.93. The number of methoxy groups -OCH3 is 2. The smallest absolute Gasteiger partial charge is 0.337 e. The zero-order valence-electron chi connectivity index (χ0n) is 16.2. The van der Waals surface area contributed by atoms with E-state index in [1.165, 1.54) is 20.3 Å². The molecule has 0 aliphatic carbocycles. The third-order valence-electron chi connectivity index (χ3n) is 4.50. The van der Waals surface area contributed by atoms with Crippen LogP contribution in [0.2, 0.25) is 0 Å². The van der Waals surface area contributed by atoms with Gasteiger partial charge in [0.05, 0.1) is 32.3 Å². The first-order valence-electron chi connectivity index (χ1n) is 8.96. The number of Topliss-reactive ketones (excluding diaryl/α,β-unsaturated/α-hetero) is 1. The van der Waals surface area contributed by atoms with Crippen molar-refractivity contribution < 1.29 is 23.8 Å². The molecule has 148 valence electrons. The lowest BCUT2D eigenvalue weighted by molar-refractivity contribution is 0.0600. The molecule has 0 unspecified atom stereocenters. The van der Waals surface area contributed by atoms with Gasteiger partial charge in [0.15, 0.2) is 18.1 Å². The van der Waals surface area contributed by atoms with Crippen molar-refractivity contribution in [2.45, 2.75) is 13.0 Å². The van der Waals surface area contributed by atoms with E-state index in [1.807, 2.05) is 28.8 Å². The summed E-state index contributed by atoms with van der Waals surface area (Å²) in [6.45, 7) is 0.314. The highest BCUT2D eigenvalue weighted by Gasteiger charge is 2.17. The number of nitrogens with zero attached hydrogens (tertiary/aromatic N) is 2. The van der Waals surface area contributed by atoms with E-state index in [1.54, 1.807) is 18.3 Å². The molecular formula is C22H20N2O5. The molecule has 0 saturated heterocycles. The average Bonchev–Trinajstić information content (AvgIpc) is 3.14. The van der Waals surface area contributed by atoms with Crippen molar-refractivity contribution in [1.82, 2.24) is 4.57 Å². The average molecular weight is 392 g/mol. The maximum Gasteiger partial charge on any atom is 0.337 e. The highest BCUT2D eigenvalue weighted by atomic mass is 16.5. The Labute approximate surface area is 168 Å². The molecular weight excluding hydrogens is 372 g/mol. The molecule has 3 rings (SSSR count). The fourth-order valence-electron chi connectivity index (χ4n) is 3.08. The van der Waals surface area contributed by atoms with Crippen LogP contribution in [-0.4, -0.2) is 37.1 Å². The number of para-hydroxylation sites is 1. The van der Waals surface area contributed by atoms with Crippen molar-refractivity contribution in [2.75, 3.05) is 20.8 Å². The van der Waals surface area contributed by atoms with Crippen molar-refractivity contribution in [3.63, 3.8) is 0 Å². The van der Waals surface area contributed by atoms with Crippen molar-refractivity contribution in [2.24, 2.45) is 0 Å². The molecule has 1 heterocycles. The number of hydrogen-bond acceptors (Lipinski definition) is 6. The standard InChI is InChI=1S/C22H20N2O5/c1-27-21-12-15(22(26)28-2)8-9-20(21)29-14-19(25)17-13-24(11-5-10-23)18-7-4-3-6-16(17)18/h3-4,6-9,12-13H,5,11,14H2,1-2H3. The number of carbonyl (C=O) groups is 2. The fraction of sp³-hybridized carbons (Fsp3) is 0.227. The lowest BCUT2D eigenvalue weighted by atomic mass is 10.1. The van der Waals surface area contributed by atoms with E-state index in [4.69, 9.17) is 19.5 Å². The van der Waals surface area contributed by atoms with Crippen LogP contribution in [-0.2, 0) is 11.3 Å². The second-order valence-electron chi connectivity index (χ2n) is 6.23. The topological polar surface area (TPSA) is 90.5 Å². The van der Waals surface area contributed by atoms with Gasteiger partial charge in [-0.05, 0) is 24.3 Å². The van der Waals surface area contributed by atoms with E-state index in [2.05, 4.69) is 6.07 Å². The maximum atomic E-state index is 12.8. The molecule has 7 nitrogen and oxygen atoms in total. The number of carbonyl (C=O) groups excluding carboxylic acids is 2. The first kappa shape index (κ1) is 20.0. The van der Waals surface area contributed by atoms with Crippen molar-refractivity contribution in [1.29, 1.82) is 5.26 Å². The van der Waals surface area contributed by atoms with E-state index in [-0.39, 0.29) is 12.4 Å². The Morgan fingerprint density at radius 1 is 1.10 bits per heavy atom. The normalized spacial score (nSPS) is 10.4. The number of ether oxygens (including phenoxy) is 3. The number of esters is 1. The molecule has 29 heavy (non-hydrogen) atoms. The summed E-state index contributed by atoms with van der Waals surface area (Å²) in [6, 6.07) is 14.3. The van der Waals surface area contributed by atoms with Crippen molar-refractivity contribution in [3.8, 4) is 17.6 Å². The van der Waals surface area contributed by atoms with E-state index in [0.29, 0.717) is 35.6 Å². The molecule has 3 aromatic rings. The van der Waals surface area contributed by atoms with Crippen LogP contribution in [0, 0.1) is 11.3 Å². The van der Waals surface area contributed by atoms with Gasteiger partial charge in [-0.3, -0.25) is 4.79 Å². The van der Waals surface area contributed by atoms with Gasteiger partial charge in [0.1, 0.15) is 0 Å². The number of hydrogen-bond donors (Lipinski definition) is 0. The van der Waals surface area contributed by atoms with Gasteiger partial charge < -0.3 is 18.8 Å². The zero-order chi connectivity index (χ0) is 20.8. The summed E-state index contributed by atoms with van der Waals surface area (Å²) in [7, 11) is 2.75. The summed E-state index contributed by atoms with van der Waals surface area (Å²) in [5.74, 6) is -0.00835. The Balaban J connectivity index is 1.81. The predicted octanol–water partition coefficient (Wildman–Crippen LogP) is 3.61. The molecule has 0 radical (unpaired) electrons. The van der Waals surface area contributed by atoms with Gasteiger partial charge >= 0.3 is 5.97 Å². The van der Waals surface area contributed by atoms with Crippen molar-refractivity contribution >= 4 is 22.7 Å². The Hall–Kier alpha value is -3.79. The van der Waals surface area contributed by atoms with Crippen LogP contribution in [0.25, 0.3) is 10.9 Å². The van der Waals surface area contributed by atoms with Gasteiger partial charge in [-0.15, -0.1) is 0 Å². The molecule has 0 fully saturated rings. The Morgan fingerprint density at radius 3 is 2.62 bits per heavy atom. The Bertz CT molecular complexity index is 1090. The molecule has 0 bridgehead atoms. The van der Waals surface area contributed by atoms with E-state index < -0.39 is 5.97 Å². The molecule has 0 N–H and O–H groups in total. The van der Waals surface area contributed by atoms with Crippen LogP contribution < -0.4 is 9.47 Å². The van der Waals surface area contributed by atoms with Gasteiger partial charge in [-0.25, -0.2) is 4.79 Å². The minimum atomic E-state index is -0.490. The van der Waals surface area contributed by atoms with Crippen LogP contribution >= 0.6 is 0 Å². The number of aryl methyl sites for hydroxylation is 1. The summed E-state index contributed by atoms with van der Waals surface area (Å²) < 4.78 is 17.5. The molecule has 0 atom stereocenters. The van der Waals surface area contributed by atoms with Gasteiger partial charge in [0.2, 0.25) is 5.78 Å². The number of nitriles is 1. The summed E-state index contributed by atoms with van der Waals surface area (Å²) >= 11 is 0. The minimum absolute atomic E-state index is 0.194. The van der Waals surface area contributed by atoms with Crippen LogP contribution in [0.3, 0.4) is 0 Å². The Kier molecular flexibility index (Phi) is 6.15. The number of benzene rings is 2. The van der Waals surface area contributed by atoms with Crippen LogP contribution in [0.15, 0.2) is 48.7 Å². The molecule has 0 aliphatic rings. The van der Waals surface area contributed by atoms with Crippen LogP contribution in [0.4, 0.5) is 0 Å². The highest BCUT2D eigenvalue weighted by Crippen LogP contribution is 2.29. The molecule has 0 saturated carbocycles. The quantitative estimate of drug-likeness (QED) is 0.430. The van der Waals surface area contributed by atoms with E-state index in [0.717, 1.165) is 10.9 Å². The fourth-order valence-corrected chi connectivity index (χ4v) is 3.08. The molecule has 2 aromatic carbocycles. The first-order valence-corrected chi connectivity index (χ1v) is 8.96. The third-order valence-corrected chi connectivity index (χ3v) is 4.50. The maximum absolute atomic E-state index is 12.8. The molecule has 7 heteroatoms. The van der Waals surface area contributed by atoms with Gasteiger partial charge in [0.25, 0.3) is 0 Å². The van der Waals surface area contributed by atoms with Crippen LogP contribution in [0.5, 0.6) is 11.5 Å². The first-order chi connectivity index (χ1) is 14.1. The minimum Gasteiger partial charge on any atom is -0.493 e. The Morgan fingerprint density at radius 2 is 1.90 bits per heavy atom. The van der Waals surface area contributed by atoms with Gasteiger partial charge in [-0.2, -0.15) is 5.26 Å². The van der Waals surface area contributed by atoms with Gasteiger partial charge in [0, 0.05) is 29.2 Å². The van der Waals surface area contributed by atoms with E-state index >= 15 is 0 Å². The molecule has 0 aliphatic heterocycles. The lowest BCUT2D eigenvalue weighted by Crippen LogP contribution is -2.12. The number of aromatic nitrogens is 1. The van der Waals surface area contributed by atoms with E-state index in [9.17, 15) is 9.59 Å². The monoisotopic (exact) mass is 392 g/mol. The van der Waals surface area contributed by atoms with Gasteiger partial charge in [-0.1, -0.05) is 18.2 Å². The predicted molar refractivity (Wildman–Crippen MR) is 106 cm³/mol. The van der Waals surface area contributed by atoms with Crippen molar-refractivity contribution in [3.05, 3.63) is 59.8 Å². The molecule has 0 spiro atoms. The molecule has 0 amide bonds. The lowest BCUT2D eigenvalue weighted by Gasteiger charge is -2.11. The summed E-state index contributed by atoms with van der Waals surface area (Å²) in [6.07, 6.45) is 2.11. The molecule has 1 aromatic heterocycles. The number of rotatable bonds is 8. The zero-order valence-corrected chi connectivity index (χ0v) is 16.2. The second-order valence-corrected chi connectivity index (χ2v) is 6.23. The third kappa shape index (κ3) is 4.22. The number of ketones is 1. The largest absolute Gasteiger partial charge is 0.493 e. The summed E-state index contributed by atoms with van der Waals surface area (Å²) in [5.41, 5.74) is 1.75. The number of fused-ring (bicyclic) bond motifs is 1. The highest BCUT2D eigenvalue weighted by molar-refractivity contribution is 6.08. The van der Waals surface area contributed by atoms with Crippen LogP contribution in [0.1, 0.15) is 27.1 Å². The summed E-state index contributed by atoms with van der Waals surface area (Å²) in [4.78, 5) is 24.5.